The summed E-state index contributed by atoms with van der Waals surface area (Å²) in [6.07, 6.45) is 14.9. The number of aliphatic hydroxyl groups is 1. The Bertz CT molecular complexity index is 2170. The van der Waals surface area contributed by atoms with Crippen LogP contribution in [0.4, 0.5) is 4.79 Å². The number of nitrogens with one attached hydrogen (secondary N) is 3. The summed E-state index contributed by atoms with van der Waals surface area (Å²) >= 11 is 0. The van der Waals surface area contributed by atoms with Crippen molar-refractivity contribution in [3.8, 4) is 11.6 Å². The summed E-state index contributed by atoms with van der Waals surface area (Å²) in [6, 6.07) is 5.26. The van der Waals surface area contributed by atoms with Gasteiger partial charge in [0.25, 0.3) is 5.91 Å². The van der Waals surface area contributed by atoms with E-state index in [-0.39, 0.29) is 50.0 Å². The van der Waals surface area contributed by atoms with Crippen LogP contribution in [0.25, 0.3) is 10.9 Å². The highest BCUT2D eigenvalue weighted by Crippen LogP contribution is 2.39. The number of pyridine rings is 1. The molecule has 3 aliphatic carbocycles. The first-order valence-electron chi connectivity index (χ1n) is 22.3. The predicted molar refractivity (Wildman–Crippen MR) is 233 cm³/mol. The smallest absolute Gasteiger partial charge is 0.408 e. The van der Waals surface area contributed by atoms with Gasteiger partial charge in [0.2, 0.25) is 27.7 Å². The summed E-state index contributed by atoms with van der Waals surface area (Å²) in [5.41, 5.74) is -0.502. The Morgan fingerprint density at radius 3 is 2.66 bits per heavy atom. The quantitative estimate of drug-likeness (QED) is 0.144. The monoisotopic (exact) mass is 875 g/mol. The van der Waals surface area contributed by atoms with Gasteiger partial charge in [-0.1, -0.05) is 69.2 Å². The van der Waals surface area contributed by atoms with Crippen molar-refractivity contribution in [1.29, 1.82) is 0 Å². The third-order valence-electron chi connectivity index (χ3n) is 13.0. The normalized spacial score (nSPS) is 28.2. The highest BCUT2D eigenvalue weighted by Gasteiger charge is 2.53. The fraction of sp³-hybridized carbons (Fsp3) is 0.587. The number of carbonyl (C=O) groups excluding carboxylic acids is 4. The van der Waals surface area contributed by atoms with Gasteiger partial charge in [-0.15, -0.1) is 6.58 Å². The molecular formula is C46H61N5O10S. The molecular weight excluding hydrogens is 815 g/mol. The summed E-state index contributed by atoms with van der Waals surface area (Å²) < 4.78 is 47.3. The first-order valence-corrected chi connectivity index (χ1v) is 23.9. The number of benzene rings is 1. The standard InChI is InChI=1S/C46H61N5O10S/c1-4-6-14-29(3)39-43(54)51-28-32(27-37(51)41(53)49-46(24-23-31(46)5-2)44(55)50-62(57,58)33-21-22-33)60-42-35(40(59-26-13-25-52)34-17-10-11-19-36(34)47-42)18-9-7-8-15-30-16-12-20-38(30)61-45(56)48-39/h5,7,9-11,17,19,23-24,29-33,37-39,52H,2,4,6,8,12-16,18,20-22,25-28H2,1,3H3,(H,48,56)(H,49,53)(H,50,55). The van der Waals surface area contributed by atoms with E-state index in [2.05, 4.69) is 28.0 Å². The molecule has 8 atom stereocenters. The molecule has 1 aromatic carbocycles. The zero-order valence-electron chi connectivity index (χ0n) is 35.8. The molecule has 62 heavy (non-hydrogen) atoms. The number of rotatable bonds is 14. The molecule has 16 heteroatoms. The molecule has 0 radical (unpaired) electrons. The third kappa shape index (κ3) is 9.80. The second-order valence-corrected chi connectivity index (χ2v) is 19.4. The molecule has 5 aliphatic rings. The molecule has 4 N–H and O–H groups in total. The second-order valence-electron chi connectivity index (χ2n) is 17.4. The van der Waals surface area contributed by atoms with E-state index < -0.39 is 68.7 Å². The van der Waals surface area contributed by atoms with Gasteiger partial charge in [0.1, 0.15) is 35.6 Å². The Labute approximate surface area is 364 Å². The number of alkyl carbamates (subject to hydrolysis) is 1. The Morgan fingerprint density at radius 2 is 1.94 bits per heavy atom. The number of para-hydroxylation sites is 1. The van der Waals surface area contributed by atoms with E-state index in [0.29, 0.717) is 48.9 Å². The Kier molecular flexibility index (Phi) is 14.3. The minimum Gasteiger partial charge on any atom is -0.492 e. The van der Waals surface area contributed by atoms with Gasteiger partial charge in [0, 0.05) is 30.8 Å². The average molecular weight is 876 g/mol. The summed E-state index contributed by atoms with van der Waals surface area (Å²) in [5.74, 6) is -2.23. The molecule has 7 rings (SSSR count). The molecule has 2 bridgehead atoms. The zero-order chi connectivity index (χ0) is 44.0. The fourth-order valence-corrected chi connectivity index (χ4v) is 10.5. The molecule has 3 fully saturated rings. The number of ether oxygens (including phenoxy) is 3. The number of hydrogen-bond donors (Lipinski definition) is 4. The number of carbonyl (C=O) groups is 4. The number of allylic oxidation sites excluding steroid dienone is 2. The lowest BCUT2D eigenvalue weighted by Crippen LogP contribution is -2.67. The van der Waals surface area contributed by atoms with Crippen LogP contribution < -0.4 is 24.8 Å². The highest BCUT2D eigenvalue weighted by atomic mass is 32.2. The SMILES string of the molecule is C=CC1C=CC1(NC(=O)C1CC2CN1C(=O)C(C(C)CCCC)NC(=O)OC1CCCC1CCC=CCc1c(nc3ccccc3c1OCCCO)O2)C(=O)NS(=O)(=O)C1CC1. The molecule has 336 valence electrons. The third-order valence-corrected chi connectivity index (χ3v) is 14.8. The zero-order valence-corrected chi connectivity index (χ0v) is 36.6. The second kappa shape index (κ2) is 19.6. The van der Waals surface area contributed by atoms with Gasteiger partial charge >= 0.3 is 6.09 Å². The maximum absolute atomic E-state index is 15.0. The van der Waals surface area contributed by atoms with Crippen molar-refractivity contribution in [1.82, 2.24) is 25.2 Å². The lowest BCUT2D eigenvalue weighted by Gasteiger charge is -2.42. The van der Waals surface area contributed by atoms with E-state index in [1.807, 2.05) is 44.2 Å². The minimum absolute atomic E-state index is 0.0210. The molecule has 1 saturated heterocycles. The van der Waals surface area contributed by atoms with Crippen LogP contribution in [-0.2, 0) is 35.6 Å². The molecule has 4 amide bonds. The topological polar surface area (TPSA) is 203 Å². The van der Waals surface area contributed by atoms with E-state index in [1.54, 1.807) is 6.08 Å². The van der Waals surface area contributed by atoms with Crippen molar-refractivity contribution < 1.29 is 46.9 Å². The van der Waals surface area contributed by atoms with E-state index in [9.17, 15) is 27.9 Å². The van der Waals surface area contributed by atoms with Crippen LogP contribution >= 0.6 is 0 Å². The predicted octanol–water partition coefficient (Wildman–Crippen LogP) is 5.16. The van der Waals surface area contributed by atoms with Crippen LogP contribution in [-0.4, -0.2) is 102 Å². The number of aromatic nitrogens is 1. The minimum atomic E-state index is -3.98. The summed E-state index contributed by atoms with van der Waals surface area (Å²) in [4.78, 5) is 63.7. The van der Waals surface area contributed by atoms with Crippen molar-refractivity contribution in [2.24, 2.45) is 17.8 Å². The largest absolute Gasteiger partial charge is 0.492 e. The summed E-state index contributed by atoms with van der Waals surface area (Å²) in [6.45, 7) is 7.89. The maximum atomic E-state index is 15.0. The van der Waals surface area contributed by atoms with E-state index in [1.165, 1.54) is 17.1 Å². The highest BCUT2D eigenvalue weighted by molar-refractivity contribution is 7.91. The van der Waals surface area contributed by atoms with Crippen LogP contribution in [0.3, 0.4) is 0 Å². The Hall–Kier alpha value is -4.96. The molecule has 0 spiro atoms. The average Bonchev–Trinajstić information content (AvgIpc) is 3.90. The van der Waals surface area contributed by atoms with Gasteiger partial charge in [-0.2, -0.15) is 0 Å². The number of hydrogen-bond acceptors (Lipinski definition) is 11. The maximum Gasteiger partial charge on any atom is 0.408 e. The molecule has 1 aromatic heterocycles. The van der Waals surface area contributed by atoms with Gasteiger partial charge < -0.3 is 34.9 Å². The van der Waals surface area contributed by atoms with Crippen LogP contribution in [0, 0.1) is 17.8 Å². The number of aliphatic hydroxyl groups excluding tert-OH is 1. The van der Waals surface area contributed by atoms with Crippen LogP contribution in [0.5, 0.6) is 11.6 Å². The number of amides is 4. The number of unbranched alkanes of at least 4 members (excludes halogenated alkanes) is 1. The van der Waals surface area contributed by atoms with E-state index in [0.717, 1.165) is 50.3 Å². The van der Waals surface area contributed by atoms with E-state index >= 15 is 4.79 Å². The lowest BCUT2D eigenvalue weighted by molar-refractivity contribution is -0.142. The Morgan fingerprint density at radius 1 is 1.13 bits per heavy atom. The molecule has 2 saturated carbocycles. The van der Waals surface area contributed by atoms with E-state index in [4.69, 9.17) is 19.2 Å². The van der Waals surface area contributed by atoms with Crippen molar-refractivity contribution in [3.05, 3.63) is 66.8 Å². The molecule has 3 heterocycles. The fourth-order valence-electron chi connectivity index (χ4n) is 9.18. The summed E-state index contributed by atoms with van der Waals surface area (Å²) in [5, 5.41) is 15.4. The van der Waals surface area contributed by atoms with Gasteiger partial charge in [0.15, 0.2) is 0 Å². The lowest BCUT2D eigenvalue weighted by atomic mass is 9.73. The number of nitrogens with zero attached hydrogens (tertiary/aromatic N) is 2. The first kappa shape index (κ1) is 45.1. The molecule has 15 nitrogen and oxygen atoms in total. The van der Waals surface area contributed by atoms with Crippen molar-refractivity contribution in [2.45, 2.75) is 132 Å². The van der Waals surface area contributed by atoms with Crippen molar-refractivity contribution in [3.63, 3.8) is 0 Å². The molecule has 2 aromatic rings. The molecule has 2 aliphatic heterocycles. The Balaban J connectivity index is 1.28. The van der Waals surface area contributed by atoms with Gasteiger partial charge in [0.05, 0.1) is 29.5 Å². The van der Waals surface area contributed by atoms with Gasteiger partial charge in [-0.3, -0.25) is 19.1 Å². The van der Waals surface area contributed by atoms with Crippen molar-refractivity contribution in [2.75, 3.05) is 19.8 Å². The number of fused-ring (bicyclic) bond motifs is 5. The first-order chi connectivity index (χ1) is 29.9. The summed E-state index contributed by atoms with van der Waals surface area (Å²) in [7, 11) is -3.98. The van der Waals surface area contributed by atoms with Crippen LogP contribution in [0.1, 0.15) is 96.5 Å². The van der Waals surface area contributed by atoms with Crippen LogP contribution in [0.2, 0.25) is 0 Å². The van der Waals surface area contributed by atoms with Crippen molar-refractivity contribution >= 4 is 44.7 Å². The van der Waals surface area contributed by atoms with Crippen LogP contribution in [0.15, 0.2) is 61.2 Å². The number of sulfonamides is 1. The molecule has 8 unspecified atom stereocenters. The van der Waals surface area contributed by atoms with Gasteiger partial charge in [-0.25, -0.2) is 18.2 Å². The van der Waals surface area contributed by atoms with Gasteiger partial charge in [-0.05, 0) is 81.8 Å².